The second-order valence-corrected chi connectivity index (χ2v) is 5.76. The lowest BCUT2D eigenvalue weighted by atomic mass is 10.2. The lowest BCUT2D eigenvalue weighted by molar-refractivity contribution is 0.188. The third-order valence-electron chi connectivity index (χ3n) is 4.20. The Balaban J connectivity index is 1.88. The molecule has 130 valence electrons. The molecule has 0 aliphatic rings. The third-order valence-corrected chi connectivity index (χ3v) is 4.20. The van der Waals surface area contributed by atoms with Crippen LogP contribution < -0.4 is 10.2 Å². The number of fused-ring (bicyclic) bond motifs is 1. The molecule has 0 spiro atoms. The first-order valence-corrected chi connectivity index (χ1v) is 8.45. The SMILES string of the molecule is CCN(C(=O)Nc1cn(CCOC)c2ccccc12)c1ccccc1. The van der Waals surface area contributed by atoms with Crippen molar-refractivity contribution in [1.82, 2.24) is 4.57 Å². The highest BCUT2D eigenvalue weighted by atomic mass is 16.5. The number of ether oxygens (including phenoxy) is 1. The van der Waals surface area contributed by atoms with Crippen LogP contribution in [0.1, 0.15) is 6.92 Å². The van der Waals surface area contributed by atoms with E-state index < -0.39 is 0 Å². The normalized spacial score (nSPS) is 10.8. The fourth-order valence-corrected chi connectivity index (χ4v) is 2.96. The Hall–Kier alpha value is -2.79. The molecule has 1 aromatic heterocycles. The maximum absolute atomic E-state index is 12.8. The summed E-state index contributed by atoms with van der Waals surface area (Å²) in [6.45, 7) is 3.92. The lowest BCUT2D eigenvalue weighted by Crippen LogP contribution is -2.34. The number of benzene rings is 2. The Bertz CT molecular complexity index is 843. The van der Waals surface area contributed by atoms with Crippen molar-refractivity contribution in [2.75, 3.05) is 30.5 Å². The number of rotatable bonds is 6. The molecule has 25 heavy (non-hydrogen) atoms. The first kappa shape index (κ1) is 17.0. The van der Waals surface area contributed by atoms with Gasteiger partial charge in [0, 0.05) is 37.5 Å². The molecule has 0 aliphatic heterocycles. The number of aromatic nitrogens is 1. The first-order chi connectivity index (χ1) is 12.2. The van der Waals surface area contributed by atoms with Crippen LogP contribution in [0.25, 0.3) is 10.9 Å². The topological polar surface area (TPSA) is 46.5 Å². The first-order valence-electron chi connectivity index (χ1n) is 8.45. The summed E-state index contributed by atoms with van der Waals surface area (Å²) in [5.41, 5.74) is 2.77. The zero-order chi connectivity index (χ0) is 17.6. The van der Waals surface area contributed by atoms with Crippen molar-refractivity contribution in [3.63, 3.8) is 0 Å². The highest BCUT2D eigenvalue weighted by Crippen LogP contribution is 2.26. The van der Waals surface area contributed by atoms with Crippen LogP contribution in [0.3, 0.4) is 0 Å². The van der Waals surface area contributed by atoms with E-state index in [0.29, 0.717) is 13.2 Å². The molecule has 3 rings (SSSR count). The van der Waals surface area contributed by atoms with Gasteiger partial charge in [-0.1, -0.05) is 36.4 Å². The van der Waals surface area contributed by atoms with Gasteiger partial charge in [0.2, 0.25) is 0 Å². The fraction of sp³-hybridized carbons (Fsp3) is 0.250. The summed E-state index contributed by atoms with van der Waals surface area (Å²) >= 11 is 0. The standard InChI is InChI=1S/C20H23N3O2/c1-3-23(16-9-5-4-6-10-16)20(24)21-18-15-22(13-14-25-2)19-12-8-7-11-17(18)19/h4-12,15H,3,13-14H2,1-2H3,(H,21,24). The number of carbonyl (C=O) groups is 1. The van der Waals surface area contributed by atoms with Crippen molar-refractivity contribution in [3.8, 4) is 0 Å². The molecule has 0 saturated heterocycles. The Labute approximate surface area is 147 Å². The van der Waals surface area contributed by atoms with Gasteiger partial charge in [0.15, 0.2) is 0 Å². The minimum atomic E-state index is -0.136. The Morgan fingerprint density at radius 3 is 2.56 bits per heavy atom. The molecule has 0 radical (unpaired) electrons. The summed E-state index contributed by atoms with van der Waals surface area (Å²) in [7, 11) is 1.69. The highest BCUT2D eigenvalue weighted by molar-refractivity contribution is 6.07. The lowest BCUT2D eigenvalue weighted by Gasteiger charge is -2.21. The molecule has 0 saturated carbocycles. The molecule has 1 N–H and O–H groups in total. The number of methoxy groups -OCH3 is 1. The van der Waals surface area contributed by atoms with Gasteiger partial charge in [0.05, 0.1) is 17.8 Å². The molecular weight excluding hydrogens is 314 g/mol. The maximum Gasteiger partial charge on any atom is 0.326 e. The van der Waals surface area contributed by atoms with Gasteiger partial charge in [0.1, 0.15) is 0 Å². The van der Waals surface area contributed by atoms with Crippen molar-refractivity contribution in [3.05, 3.63) is 60.8 Å². The van der Waals surface area contributed by atoms with Gasteiger partial charge >= 0.3 is 6.03 Å². The third kappa shape index (κ3) is 3.67. The zero-order valence-electron chi connectivity index (χ0n) is 14.6. The maximum atomic E-state index is 12.8. The van der Waals surface area contributed by atoms with E-state index in [1.54, 1.807) is 12.0 Å². The molecule has 0 aliphatic carbocycles. The van der Waals surface area contributed by atoms with Gasteiger partial charge in [-0.05, 0) is 25.1 Å². The van der Waals surface area contributed by atoms with Crippen molar-refractivity contribution in [2.24, 2.45) is 0 Å². The Morgan fingerprint density at radius 1 is 1.12 bits per heavy atom. The van der Waals surface area contributed by atoms with E-state index in [-0.39, 0.29) is 6.03 Å². The molecule has 3 aromatic rings. The van der Waals surface area contributed by atoms with Crippen LogP contribution in [-0.2, 0) is 11.3 Å². The van der Waals surface area contributed by atoms with Crippen LogP contribution in [0.4, 0.5) is 16.2 Å². The second kappa shape index (κ2) is 7.85. The van der Waals surface area contributed by atoms with Gasteiger partial charge in [-0.25, -0.2) is 4.79 Å². The summed E-state index contributed by atoms with van der Waals surface area (Å²) < 4.78 is 7.29. The summed E-state index contributed by atoms with van der Waals surface area (Å²) in [5, 5.41) is 4.08. The van der Waals surface area contributed by atoms with E-state index in [4.69, 9.17) is 4.74 Å². The molecule has 0 unspecified atom stereocenters. The van der Waals surface area contributed by atoms with E-state index in [9.17, 15) is 4.79 Å². The van der Waals surface area contributed by atoms with Gasteiger partial charge in [0.25, 0.3) is 0 Å². The molecule has 5 nitrogen and oxygen atoms in total. The van der Waals surface area contributed by atoms with Crippen LogP contribution in [0.5, 0.6) is 0 Å². The molecule has 2 aromatic carbocycles. The number of hydrogen-bond acceptors (Lipinski definition) is 2. The molecule has 0 bridgehead atoms. The van der Waals surface area contributed by atoms with Crippen LogP contribution in [0.15, 0.2) is 60.8 Å². The van der Waals surface area contributed by atoms with Gasteiger partial charge in [-0.3, -0.25) is 4.90 Å². The molecular formula is C20H23N3O2. The molecule has 1 heterocycles. The number of carbonyl (C=O) groups excluding carboxylic acids is 1. The number of hydrogen-bond donors (Lipinski definition) is 1. The van der Waals surface area contributed by atoms with E-state index >= 15 is 0 Å². The summed E-state index contributed by atoms with van der Waals surface area (Å²) in [4.78, 5) is 14.5. The molecule has 2 amide bonds. The monoisotopic (exact) mass is 337 g/mol. The number of para-hydroxylation sites is 2. The number of nitrogens with one attached hydrogen (secondary N) is 1. The summed E-state index contributed by atoms with van der Waals surface area (Å²) in [6, 6.07) is 17.6. The number of nitrogens with zero attached hydrogens (tertiary/aromatic N) is 2. The minimum absolute atomic E-state index is 0.136. The molecule has 5 heteroatoms. The zero-order valence-corrected chi connectivity index (χ0v) is 14.6. The fourth-order valence-electron chi connectivity index (χ4n) is 2.96. The van der Waals surface area contributed by atoms with E-state index in [2.05, 4.69) is 16.0 Å². The second-order valence-electron chi connectivity index (χ2n) is 5.76. The molecule has 0 atom stereocenters. The van der Waals surface area contributed by atoms with Crippen molar-refractivity contribution in [1.29, 1.82) is 0 Å². The van der Waals surface area contributed by atoms with Crippen molar-refractivity contribution in [2.45, 2.75) is 13.5 Å². The minimum Gasteiger partial charge on any atom is -0.383 e. The van der Waals surface area contributed by atoms with Crippen molar-refractivity contribution >= 4 is 28.3 Å². The predicted molar refractivity (Wildman–Crippen MR) is 102 cm³/mol. The van der Waals surface area contributed by atoms with Crippen LogP contribution in [0, 0.1) is 0 Å². The smallest absolute Gasteiger partial charge is 0.326 e. The van der Waals surface area contributed by atoms with Gasteiger partial charge in [-0.15, -0.1) is 0 Å². The van der Waals surface area contributed by atoms with Crippen LogP contribution in [-0.4, -0.2) is 30.9 Å². The predicted octanol–water partition coefficient (Wildman–Crippen LogP) is 4.35. The molecule has 0 fully saturated rings. The van der Waals surface area contributed by atoms with Crippen molar-refractivity contribution < 1.29 is 9.53 Å². The Morgan fingerprint density at radius 2 is 1.84 bits per heavy atom. The van der Waals surface area contributed by atoms with E-state index in [1.165, 1.54) is 0 Å². The van der Waals surface area contributed by atoms with Crippen LogP contribution >= 0.6 is 0 Å². The summed E-state index contributed by atoms with van der Waals surface area (Å²) in [5.74, 6) is 0. The number of anilines is 2. The average molecular weight is 337 g/mol. The Kier molecular flexibility index (Phi) is 5.36. The average Bonchev–Trinajstić information content (AvgIpc) is 2.99. The van der Waals surface area contributed by atoms with Gasteiger partial charge in [-0.2, -0.15) is 0 Å². The number of amides is 2. The largest absolute Gasteiger partial charge is 0.383 e. The quantitative estimate of drug-likeness (QED) is 0.727. The van der Waals surface area contributed by atoms with Gasteiger partial charge < -0.3 is 14.6 Å². The number of urea groups is 1. The highest BCUT2D eigenvalue weighted by Gasteiger charge is 2.16. The van der Waals surface area contributed by atoms with Crippen LogP contribution in [0.2, 0.25) is 0 Å². The van der Waals surface area contributed by atoms with E-state index in [0.717, 1.165) is 28.8 Å². The van der Waals surface area contributed by atoms with E-state index in [1.807, 2.05) is 61.7 Å². The summed E-state index contributed by atoms with van der Waals surface area (Å²) in [6.07, 6.45) is 1.97.